The number of aromatic nitrogens is 2. The van der Waals surface area contributed by atoms with Gasteiger partial charge in [0.15, 0.2) is 24.8 Å². The number of anilines is 1. The number of amides is 1. The number of carbonyl (C=O) groups excluding carboxylic acids is 1. The molecular weight excluding hydrogens is 494 g/mol. The van der Waals surface area contributed by atoms with Gasteiger partial charge in [0.25, 0.3) is 5.91 Å². The van der Waals surface area contributed by atoms with Gasteiger partial charge in [-0.3, -0.25) is 14.7 Å². The van der Waals surface area contributed by atoms with Crippen LogP contribution in [0.25, 0.3) is 10.2 Å². The fourth-order valence-corrected chi connectivity index (χ4v) is 6.17. The molecule has 0 spiro atoms. The highest BCUT2D eigenvalue weighted by Gasteiger charge is 2.27. The summed E-state index contributed by atoms with van der Waals surface area (Å²) in [5.41, 5.74) is 1.30. The fourth-order valence-electron chi connectivity index (χ4n) is 3.35. The standard InChI is InChI=1S/C23H21N3O5S3/c1-3-34(30,31)21-9-5-4-8-18(21)22(27)26(15-16-7-6-12-24-14-16)23-25-19-11-10-17(33(2,28)29)13-20(19)32-23/h4-14H,3,15H2,1-2H3. The van der Waals surface area contributed by atoms with Gasteiger partial charge in [-0.25, -0.2) is 21.8 Å². The van der Waals surface area contributed by atoms with E-state index in [1.54, 1.807) is 42.7 Å². The number of hydrogen-bond donors (Lipinski definition) is 0. The van der Waals surface area contributed by atoms with Gasteiger partial charge in [-0.1, -0.05) is 36.5 Å². The zero-order chi connectivity index (χ0) is 24.5. The van der Waals surface area contributed by atoms with E-state index < -0.39 is 25.6 Å². The Bertz CT molecular complexity index is 1580. The zero-order valence-electron chi connectivity index (χ0n) is 18.4. The number of rotatable bonds is 7. The van der Waals surface area contributed by atoms with Crippen molar-refractivity contribution in [2.75, 3.05) is 16.9 Å². The van der Waals surface area contributed by atoms with Crippen LogP contribution in [0.5, 0.6) is 0 Å². The maximum absolute atomic E-state index is 13.7. The molecule has 2 aromatic heterocycles. The van der Waals surface area contributed by atoms with Crippen LogP contribution in [0, 0.1) is 0 Å². The summed E-state index contributed by atoms with van der Waals surface area (Å²) in [6.45, 7) is 1.63. The molecule has 0 saturated carbocycles. The van der Waals surface area contributed by atoms with Gasteiger partial charge in [-0.2, -0.15) is 0 Å². The minimum absolute atomic E-state index is 0.0424. The number of benzene rings is 2. The number of hydrogen-bond acceptors (Lipinski definition) is 8. The minimum atomic E-state index is -3.65. The fraction of sp³-hybridized carbons (Fsp3) is 0.174. The van der Waals surface area contributed by atoms with Crippen molar-refractivity contribution < 1.29 is 21.6 Å². The predicted molar refractivity (Wildman–Crippen MR) is 132 cm³/mol. The van der Waals surface area contributed by atoms with Crippen LogP contribution in [0.2, 0.25) is 0 Å². The number of carbonyl (C=O) groups is 1. The first-order valence-electron chi connectivity index (χ1n) is 10.2. The molecule has 0 saturated heterocycles. The monoisotopic (exact) mass is 515 g/mol. The summed E-state index contributed by atoms with van der Waals surface area (Å²) in [5, 5.41) is 0.318. The molecule has 2 aromatic carbocycles. The lowest BCUT2D eigenvalue weighted by atomic mass is 10.2. The molecule has 4 rings (SSSR count). The second kappa shape index (κ2) is 9.24. The van der Waals surface area contributed by atoms with Gasteiger partial charge >= 0.3 is 0 Å². The second-order valence-electron chi connectivity index (χ2n) is 7.55. The molecule has 0 unspecified atom stereocenters. The number of nitrogens with zero attached hydrogens (tertiary/aromatic N) is 3. The van der Waals surface area contributed by atoms with E-state index >= 15 is 0 Å². The number of fused-ring (bicyclic) bond motifs is 1. The third-order valence-corrected chi connectivity index (χ3v) is 9.09. The quantitative estimate of drug-likeness (QED) is 0.368. The van der Waals surface area contributed by atoms with Crippen LogP contribution in [0.1, 0.15) is 22.8 Å². The van der Waals surface area contributed by atoms with E-state index in [1.165, 1.54) is 36.1 Å². The third kappa shape index (κ3) is 4.86. The normalized spacial score (nSPS) is 12.1. The molecule has 8 nitrogen and oxygen atoms in total. The lowest BCUT2D eigenvalue weighted by Gasteiger charge is -2.21. The van der Waals surface area contributed by atoms with Gasteiger partial charge in [-0.15, -0.1) is 0 Å². The summed E-state index contributed by atoms with van der Waals surface area (Å²) >= 11 is 1.16. The first-order chi connectivity index (χ1) is 16.1. The van der Waals surface area contributed by atoms with Crippen molar-refractivity contribution in [2.45, 2.75) is 23.3 Å². The highest BCUT2D eigenvalue weighted by atomic mass is 32.2. The average molecular weight is 516 g/mol. The molecule has 0 radical (unpaired) electrons. The summed E-state index contributed by atoms with van der Waals surface area (Å²) in [6.07, 6.45) is 4.35. The Balaban J connectivity index is 1.85. The van der Waals surface area contributed by atoms with Gasteiger partial charge in [0.05, 0.1) is 37.9 Å². The largest absolute Gasteiger partial charge is 0.279 e. The lowest BCUT2D eigenvalue weighted by molar-refractivity contribution is 0.0982. The van der Waals surface area contributed by atoms with Crippen molar-refractivity contribution in [1.82, 2.24) is 9.97 Å². The van der Waals surface area contributed by atoms with Crippen molar-refractivity contribution in [3.63, 3.8) is 0 Å². The molecule has 34 heavy (non-hydrogen) atoms. The van der Waals surface area contributed by atoms with E-state index in [0.717, 1.165) is 23.2 Å². The maximum atomic E-state index is 13.7. The predicted octanol–water partition coefficient (Wildman–Crippen LogP) is 3.74. The summed E-state index contributed by atoms with van der Waals surface area (Å²) in [6, 6.07) is 14.2. The molecular formula is C23H21N3O5S3. The number of pyridine rings is 1. The Hall–Kier alpha value is -3.15. The lowest BCUT2D eigenvalue weighted by Crippen LogP contribution is -2.31. The maximum Gasteiger partial charge on any atom is 0.261 e. The summed E-state index contributed by atoms with van der Waals surface area (Å²) in [5.74, 6) is -0.672. The Morgan fingerprint density at radius 2 is 1.79 bits per heavy atom. The first-order valence-corrected chi connectivity index (χ1v) is 14.6. The molecule has 0 aliphatic rings. The molecule has 176 valence electrons. The Morgan fingerprint density at radius 1 is 1.03 bits per heavy atom. The highest BCUT2D eigenvalue weighted by molar-refractivity contribution is 7.91. The van der Waals surface area contributed by atoms with E-state index in [9.17, 15) is 21.6 Å². The topological polar surface area (TPSA) is 114 Å². The van der Waals surface area contributed by atoms with Crippen molar-refractivity contribution in [2.24, 2.45) is 0 Å². The molecule has 0 atom stereocenters. The average Bonchev–Trinajstić information content (AvgIpc) is 3.25. The molecule has 4 aromatic rings. The van der Waals surface area contributed by atoms with Crippen LogP contribution in [0.4, 0.5) is 5.13 Å². The molecule has 0 aliphatic heterocycles. The second-order valence-corrected chi connectivity index (χ2v) is 12.8. The van der Waals surface area contributed by atoms with Crippen LogP contribution in [0.3, 0.4) is 0 Å². The summed E-state index contributed by atoms with van der Waals surface area (Å²) in [7, 11) is -7.07. The SMILES string of the molecule is CCS(=O)(=O)c1ccccc1C(=O)N(Cc1cccnc1)c1nc2ccc(S(C)(=O)=O)cc2s1. The Kier molecular flexibility index (Phi) is 6.52. The van der Waals surface area contributed by atoms with Gasteiger partial charge in [0.1, 0.15) is 0 Å². The van der Waals surface area contributed by atoms with Gasteiger partial charge < -0.3 is 0 Å². The van der Waals surface area contributed by atoms with Gasteiger partial charge in [0, 0.05) is 18.6 Å². The van der Waals surface area contributed by atoms with Crippen molar-refractivity contribution in [1.29, 1.82) is 0 Å². The molecule has 11 heteroatoms. The smallest absolute Gasteiger partial charge is 0.261 e. The van der Waals surface area contributed by atoms with Gasteiger partial charge in [-0.05, 0) is 42.0 Å². The minimum Gasteiger partial charge on any atom is -0.279 e. The van der Waals surface area contributed by atoms with Crippen LogP contribution < -0.4 is 4.90 Å². The Labute approximate surface area is 201 Å². The molecule has 0 N–H and O–H groups in total. The van der Waals surface area contributed by atoms with Gasteiger partial charge in [0.2, 0.25) is 0 Å². The van der Waals surface area contributed by atoms with E-state index in [2.05, 4.69) is 9.97 Å². The zero-order valence-corrected chi connectivity index (χ0v) is 20.8. The molecule has 0 bridgehead atoms. The van der Waals surface area contributed by atoms with Crippen LogP contribution >= 0.6 is 11.3 Å². The van der Waals surface area contributed by atoms with Crippen LogP contribution in [-0.2, 0) is 26.2 Å². The first kappa shape index (κ1) is 24.0. The van der Waals surface area contributed by atoms with E-state index in [-0.39, 0.29) is 27.7 Å². The van der Waals surface area contributed by atoms with E-state index in [1.807, 2.05) is 0 Å². The summed E-state index contributed by atoms with van der Waals surface area (Å²) in [4.78, 5) is 23.9. The van der Waals surface area contributed by atoms with E-state index in [4.69, 9.17) is 0 Å². The summed E-state index contributed by atoms with van der Waals surface area (Å²) < 4.78 is 49.9. The van der Waals surface area contributed by atoms with Crippen molar-refractivity contribution >= 4 is 52.3 Å². The van der Waals surface area contributed by atoms with Crippen molar-refractivity contribution in [3.05, 3.63) is 78.1 Å². The molecule has 1 amide bonds. The number of sulfone groups is 2. The van der Waals surface area contributed by atoms with Crippen LogP contribution in [0.15, 0.2) is 76.8 Å². The van der Waals surface area contributed by atoms with Crippen molar-refractivity contribution in [3.8, 4) is 0 Å². The highest BCUT2D eigenvalue weighted by Crippen LogP contribution is 2.33. The number of thiazole rings is 1. The Morgan fingerprint density at radius 3 is 2.47 bits per heavy atom. The van der Waals surface area contributed by atoms with Crippen LogP contribution in [-0.4, -0.2) is 44.7 Å². The van der Waals surface area contributed by atoms with E-state index in [0.29, 0.717) is 15.3 Å². The molecule has 0 aliphatic carbocycles. The molecule has 2 heterocycles. The third-order valence-electron chi connectivity index (χ3n) is 5.15. The molecule has 0 fully saturated rings.